The number of hydrogen-bond donors (Lipinski definition) is 1. The molecule has 2 heterocycles. The highest BCUT2D eigenvalue weighted by molar-refractivity contribution is 7.13. The Hall–Kier alpha value is -2.80. The summed E-state index contributed by atoms with van der Waals surface area (Å²) in [5.41, 5.74) is 1.76. The SMILES string of the molecule is O=C(Nc1ccncn1)OCc1csc(-c2ccccc2)n1. The van der Waals surface area contributed by atoms with Crippen molar-refractivity contribution in [2.24, 2.45) is 0 Å². The maximum absolute atomic E-state index is 11.6. The fourth-order valence-corrected chi connectivity index (χ4v) is 2.54. The molecule has 22 heavy (non-hydrogen) atoms. The van der Waals surface area contributed by atoms with Crippen molar-refractivity contribution in [3.05, 3.63) is 60.0 Å². The Bertz CT molecular complexity index is 747. The number of carbonyl (C=O) groups is 1. The van der Waals surface area contributed by atoms with Gasteiger partial charge in [-0.05, 0) is 6.07 Å². The highest BCUT2D eigenvalue weighted by Gasteiger charge is 2.08. The first-order chi connectivity index (χ1) is 10.8. The first kappa shape index (κ1) is 14.2. The molecule has 3 aromatic rings. The minimum absolute atomic E-state index is 0.111. The van der Waals surface area contributed by atoms with Crippen molar-refractivity contribution in [3.8, 4) is 10.6 Å². The predicted molar refractivity (Wildman–Crippen MR) is 83.4 cm³/mol. The minimum Gasteiger partial charge on any atom is -0.443 e. The van der Waals surface area contributed by atoms with E-state index in [9.17, 15) is 4.79 Å². The molecule has 1 aromatic carbocycles. The molecule has 0 radical (unpaired) electrons. The summed E-state index contributed by atoms with van der Waals surface area (Å²) in [4.78, 5) is 23.7. The van der Waals surface area contributed by atoms with Crippen LogP contribution in [0.2, 0.25) is 0 Å². The third-order valence-electron chi connectivity index (χ3n) is 2.74. The lowest BCUT2D eigenvalue weighted by Gasteiger charge is -2.04. The average molecular weight is 312 g/mol. The normalized spacial score (nSPS) is 10.2. The molecule has 0 saturated carbocycles. The molecule has 0 atom stereocenters. The molecule has 0 bridgehead atoms. The number of aromatic nitrogens is 3. The van der Waals surface area contributed by atoms with Gasteiger partial charge in [-0.2, -0.15) is 0 Å². The molecule has 0 saturated heterocycles. The van der Waals surface area contributed by atoms with E-state index in [0.29, 0.717) is 11.5 Å². The van der Waals surface area contributed by atoms with Gasteiger partial charge in [-0.3, -0.25) is 5.32 Å². The Kier molecular flexibility index (Phi) is 4.35. The van der Waals surface area contributed by atoms with Gasteiger partial charge in [-0.25, -0.2) is 19.7 Å². The van der Waals surface area contributed by atoms with E-state index in [1.807, 2.05) is 35.7 Å². The van der Waals surface area contributed by atoms with Crippen LogP contribution in [0.15, 0.2) is 54.3 Å². The molecule has 0 aliphatic heterocycles. The fourth-order valence-electron chi connectivity index (χ4n) is 1.73. The number of benzene rings is 1. The van der Waals surface area contributed by atoms with Crippen LogP contribution in [0.4, 0.5) is 10.6 Å². The summed E-state index contributed by atoms with van der Waals surface area (Å²) in [5, 5.41) is 5.29. The average Bonchev–Trinajstić information content (AvgIpc) is 3.04. The van der Waals surface area contributed by atoms with Crippen molar-refractivity contribution < 1.29 is 9.53 Å². The zero-order valence-corrected chi connectivity index (χ0v) is 12.3. The summed E-state index contributed by atoms with van der Waals surface area (Å²) in [6.07, 6.45) is 2.31. The van der Waals surface area contributed by atoms with Crippen LogP contribution < -0.4 is 5.32 Å². The molecule has 6 nitrogen and oxygen atoms in total. The summed E-state index contributed by atoms with van der Waals surface area (Å²) in [6.45, 7) is 0.111. The Morgan fingerprint density at radius 3 is 2.86 bits per heavy atom. The van der Waals surface area contributed by atoms with Crippen LogP contribution in [0.3, 0.4) is 0 Å². The second-order valence-corrected chi connectivity index (χ2v) is 5.16. The Morgan fingerprint density at radius 2 is 2.09 bits per heavy atom. The van der Waals surface area contributed by atoms with Gasteiger partial charge >= 0.3 is 6.09 Å². The van der Waals surface area contributed by atoms with Crippen molar-refractivity contribution >= 4 is 23.2 Å². The fraction of sp³-hybridized carbons (Fsp3) is 0.0667. The maximum Gasteiger partial charge on any atom is 0.413 e. The van der Waals surface area contributed by atoms with Gasteiger partial charge in [0.2, 0.25) is 0 Å². The first-order valence-electron chi connectivity index (χ1n) is 6.51. The summed E-state index contributed by atoms with van der Waals surface area (Å²) < 4.78 is 5.11. The van der Waals surface area contributed by atoms with E-state index in [2.05, 4.69) is 20.3 Å². The summed E-state index contributed by atoms with van der Waals surface area (Å²) in [7, 11) is 0. The number of hydrogen-bond acceptors (Lipinski definition) is 6. The van der Waals surface area contributed by atoms with Crippen LogP contribution >= 0.6 is 11.3 Å². The van der Waals surface area contributed by atoms with Crippen LogP contribution in [0, 0.1) is 0 Å². The van der Waals surface area contributed by atoms with Crippen molar-refractivity contribution in [3.63, 3.8) is 0 Å². The molecule has 0 aliphatic rings. The van der Waals surface area contributed by atoms with E-state index in [4.69, 9.17) is 4.74 Å². The number of nitrogens with zero attached hydrogens (tertiary/aromatic N) is 3. The number of thiazole rings is 1. The smallest absolute Gasteiger partial charge is 0.413 e. The standard InChI is InChI=1S/C15H12N4O2S/c20-15(19-13-6-7-16-10-17-13)21-8-12-9-22-14(18-12)11-4-2-1-3-5-11/h1-7,9-10H,8H2,(H,16,17,19,20). The quantitative estimate of drug-likeness (QED) is 0.799. The second-order valence-electron chi connectivity index (χ2n) is 4.31. The number of rotatable bonds is 4. The lowest BCUT2D eigenvalue weighted by molar-refractivity contribution is 0.154. The molecule has 1 N–H and O–H groups in total. The van der Waals surface area contributed by atoms with Crippen LogP contribution in [0.1, 0.15) is 5.69 Å². The molecule has 0 aliphatic carbocycles. The van der Waals surface area contributed by atoms with Gasteiger partial charge in [0.15, 0.2) is 0 Å². The highest BCUT2D eigenvalue weighted by atomic mass is 32.1. The van der Waals surface area contributed by atoms with Crippen LogP contribution in [0.5, 0.6) is 0 Å². The van der Waals surface area contributed by atoms with Gasteiger partial charge < -0.3 is 4.74 Å². The van der Waals surface area contributed by atoms with Crippen LogP contribution in [-0.4, -0.2) is 21.0 Å². The zero-order valence-electron chi connectivity index (χ0n) is 11.5. The molecule has 110 valence electrons. The molecule has 3 rings (SSSR count). The van der Waals surface area contributed by atoms with Gasteiger partial charge in [0.05, 0.1) is 5.69 Å². The van der Waals surface area contributed by atoms with Crippen molar-refractivity contribution in [1.82, 2.24) is 15.0 Å². The van der Waals surface area contributed by atoms with E-state index < -0.39 is 6.09 Å². The lowest BCUT2D eigenvalue weighted by atomic mass is 10.2. The molecule has 0 unspecified atom stereocenters. The minimum atomic E-state index is -0.576. The third-order valence-corrected chi connectivity index (χ3v) is 3.68. The first-order valence-corrected chi connectivity index (χ1v) is 7.39. The monoisotopic (exact) mass is 312 g/mol. The zero-order chi connectivity index (χ0) is 15.2. The summed E-state index contributed by atoms with van der Waals surface area (Å²) in [5.74, 6) is 0.392. The van der Waals surface area contributed by atoms with Gasteiger partial charge in [-0.1, -0.05) is 30.3 Å². The lowest BCUT2D eigenvalue weighted by Crippen LogP contribution is -2.14. The molecule has 0 spiro atoms. The van der Waals surface area contributed by atoms with Crippen molar-refractivity contribution in [2.75, 3.05) is 5.32 Å². The number of anilines is 1. The molecular weight excluding hydrogens is 300 g/mol. The van der Waals surface area contributed by atoms with Gasteiger partial charge in [-0.15, -0.1) is 11.3 Å². The highest BCUT2D eigenvalue weighted by Crippen LogP contribution is 2.23. The Morgan fingerprint density at radius 1 is 1.23 bits per heavy atom. The van der Waals surface area contributed by atoms with Crippen molar-refractivity contribution in [1.29, 1.82) is 0 Å². The summed E-state index contributed by atoms with van der Waals surface area (Å²) in [6, 6.07) is 11.4. The largest absolute Gasteiger partial charge is 0.443 e. The van der Waals surface area contributed by atoms with E-state index in [1.165, 1.54) is 23.9 Å². The summed E-state index contributed by atoms with van der Waals surface area (Å²) >= 11 is 1.51. The topological polar surface area (TPSA) is 77.0 Å². The van der Waals surface area contributed by atoms with E-state index >= 15 is 0 Å². The molecular formula is C15H12N4O2S. The van der Waals surface area contributed by atoms with Crippen LogP contribution in [0.25, 0.3) is 10.6 Å². The maximum atomic E-state index is 11.6. The third kappa shape index (κ3) is 3.64. The molecule has 1 amide bonds. The van der Waals surface area contributed by atoms with Crippen LogP contribution in [-0.2, 0) is 11.3 Å². The number of ether oxygens (including phenoxy) is 1. The Labute approximate surface area is 130 Å². The van der Waals surface area contributed by atoms with E-state index in [1.54, 1.807) is 6.07 Å². The molecule has 2 aromatic heterocycles. The molecule has 0 fully saturated rings. The second kappa shape index (κ2) is 6.77. The molecule has 7 heteroatoms. The number of nitrogens with one attached hydrogen (secondary N) is 1. The van der Waals surface area contributed by atoms with Gasteiger partial charge in [0, 0.05) is 17.1 Å². The van der Waals surface area contributed by atoms with E-state index in [0.717, 1.165) is 10.6 Å². The number of carbonyl (C=O) groups excluding carboxylic acids is 1. The Balaban J connectivity index is 1.56. The van der Waals surface area contributed by atoms with Gasteiger partial charge in [0.1, 0.15) is 23.8 Å². The van der Waals surface area contributed by atoms with Gasteiger partial charge in [0.25, 0.3) is 0 Å². The number of amides is 1. The van der Waals surface area contributed by atoms with Crippen molar-refractivity contribution in [2.45, 2.75) is 6.61 Å². The van der Waals surface area contributed by atoms with E-state index in [-0.39, 0.29) is 6.61 Å². The predicted octanol–water partition coefficient (Wildman–Crippen LogP) is 3.35.